The quantitative estimate of drug-likeness (QED) is 0.505. The SMILES string of the molecule is CC(C)[C@H]1COC(=O)N1c1cccc(CC(C2CCCCC2)C2CCC(F)(F)CC2)n1. The number of carbonyl (C=O) groups is 1. The molecule has 2 atom stereocenters. The van der Waals surface area contributed by atoms with E-state index in [4.69, 9.17) is 9.72 Å². The van der Waals surface area contributed by atoms with Gasteiger partial charge in [-0.3, -0.25) is 4.90 Å². The highest BCUT2D eigenvalue weighted by molar-refractivity contribution is 5.89. The Balaban J connectivity index is 1.54. The summed E-state index contributed by atoms with van der Waals surface area (Å²) < 4.78 is 32.9. The molecule has 2 aliphatic carbocycles. The summed E-state index contributed by atoms with van der Waals surface area (Å²) in [6.45, 7) is 4.56. The van der Waals surface area contributed by atoms with Crippen LogP contribution in [0.25, 0.3) is 0 Å². The van der Waals surface area contributed by atoms with Gasteiger partial charge in [0.1, 0.15) is 12.4 Å². The maximum Gasteiger partial charge on any atom is 0.415 e. The maximum absolute atomic E-state index is 13.8. The van der Waals surface area contributed by atoms with E-state index in [9.17, 15) is 13.6 Å². The lowest BCUT2D eigenvalue weighted by Crippen LogP contribution is -2.38. The number of ether oxygens (including phenoxy) is 1. The van der Waals surface area contributed by atoms with E-state index in [2.05, 4.69) is 13.8 Å². The lowest BCUT2D eigenvalue weighted by Gasteiger charge is -2.39. The average molecular weight is 435 g/mol. The highest BCUT2D eigenvalue weighted by Gasteiger charge is 2.40. The molecule has 1 unspecified atom stereocenters. The zero-order chi connectivity index (χ0) is 22.0. The van der Waals surface area contributed by atoms with Crippen molar-refractivity contribution in [2.75, 3.05) is 11.5 Å². The topological polar surface area (TPSA) is 42.4 Å². The maximum atomic E-state index is 13.8. The zero-order valence-corrected chi connectivity index (χ0v) is 18.9. The minimum absolute atomic E-state index is 0.00929. The molecule has 1 aromatic heterocycles. The summed E-state index contributed by atoms with van der Waals surface area (Å²) in [7, 11) is 0. The second kappa shape index (κ2) is 9.41. The summed E-state index contributed by atoms with van der Waals surface area (Å²) >= 11 is 0. The Kier molecular flexibility index (Phi) is 6.83. The average Bonchev–Trinajstić information content (AvgIpc) is 3.15. The van der Waals surface area contributed by atoms with Gasteiger partial charge < -0.3 is 4.74 Å². The number of amides is 1. The molecule has 0 bridgehead atoms. The van der Waals surface area contributed by atoms with Gasteiger partial charge in [0.2, 0.25) is 5.92 Å². The Bertz CT molecular complexity index is 754. The van der Waals surface area contributed by atoms with Crippen molar-refractivity contribution in [1.82, 2.24) is 4.98 Å². The van der Waals surface area contributed by atoms with Gasteiger partial charge in [-0.25, -0.2) is 18.6 Å². The summed E-state index contributed by atoms with van der Waals surface area (Å²) in [5.41, 5.74) is 0.965. The highest BCUT2D eigenvalue weighted by Crippen LogP contribution is 2.45. The number of halogens is 2. The van der Waals surface area contributed by atoms with E-state index in [0.29, 0.717) is 43.0 Å². The number of hydrogen-bond acceptors (Lipinski definition) is 3. The second-order valence-electron chi connectivity index (χ2n) is 10.2. The van der Waals surface area contributed by atoms with Crippen molar-refractivity contribution in [3.63, 3.8) is 0 Å². The van der Waals surface area contributed by atoms with Crippen LogP contribution in [0.1, 0.15) is 77.3 Å². The van der Waals surface area contributed by atoms with Gasteiger partial charge in [0.05, 0.1) is 6.04 Å². The molecule has 2 saturated carbocycles. The van der Waals surface area contributed by atoms with Crippen molar-refractivity contribution in [3.8, 4) is 0 Å². The second-order valence-corrected chi connectivity index (χ2v) is 10.2. The Morgan fingerprint density at radius 1 is 1.10 bits per heavy atom. The number of cyclic esters (lactones) is 1. The van der Waals surface area contributed by atoms with E-state index in [1.807, 2.05) is 18.2 Å². The minimum Gasteiger partial charge on any atom is -0.447 e. The number of nitrogens with zero attached hydrogens (tertiary/aromatic N) is 2. The van der Waals surface area contributed by atoms with Crippen LogP contribution >= 0.6 is 0 Å². The number of hydrogen-bond donors (Lipinski definition) is 0. The number of rotatable bonds is 6. The number of alkyl halides is 2. The predicted molar refractivity (Wildman–Crippen MR) is 117 cm³/mol. The van der Waals surface area contributed by atoms with Gasteiger partial charge in [-0.1, -0.05) is 52.0 Å². The molecule has 6 heteroatoms. The van der Waals surface area contributed by atoms with Gasteiger partial charge in [0.15, 0.2) is 0 Å². The van der Waals surface area contributed by atoms with Crippen LogP contribution in [-0.4, -0.2) is 29.6 Å². The molecule has 0 radical (unpaired) electrons. The summed E-state index contributed by atoms with van der Waals surface area (Å²) in [5, 5.41) is 0. The Morgan fingerprint density at radius 3 is 2.45 bits per heavy atom. The van der Waals surface area contributed by atoms with Crippen molar-refractivity contribution in [1.29, 1.82) is 0 Å². The zero-order valence-electron chi connectivity index (χ0n) is 18.9. The van der Waals surface area contributed by atoms with Crippen molar-refractivity contribution in [2.45, 2.75) is 90.0 Å². The first-order valence-electron chi connectivity index (χ1n) is 12.1. The molecular formula is C25H36F2N2O2. The minimum atomic E-state index is -2.49. The Labute approximate surface area is 184 Å². The van der Waals surface area contributed by atoms with Crippen LogP contribution in [0.15, 0.2) is 18.2 Å². The smallest absolute Gasteiger partial charge is 0.415 e. The van der Waals surface area contributed by atoms with Crippen molar-refractivity contribution in [2.24, 2.45) is 23.7 Å². The van der Waals surface area contributed by atoms with E-state index < -0.39 is 5.92 Å². The number of carbonyl (C=O) groups excluding carboxylic acids is 1. The third-order valence-corrected chi connectivity index (χ3v) is 7.78. The molecule has 1 saturated heterocycles. The first-order valence-corrected chi connectivity index (χ1v) is 12.1. The van der Waals surface area contributed by atoms with E-state index in [1.165, 1.54) is 32.1 Å². The summed E-state index contributed by atoms with van der Waals surface area (Å²) in [4.78, 5) is 18.9. The van der Waals surface area contributed by atoms with Crippen LogP contribution in [0.5, 0.6) is 0 Å². The van der Waals surface area contributed by atoms with Crippen LogP contribution in [0.3, 0.4) is 0 Å². The number of anilines is 1. The first kappa shape index (κ1) is 22.5. The molecule has 172 valence electrons. The van der Waals surface area contributed by atoms with Crippen LogP contribution in [0, 0.1) is 23.7 Å². The molecule has 4 nitrogen and oxygen atoms in total. The van der Waals surface area contributed by atoms with E-state index >= 15 is 0 Å². The molecule has 1 aliphatic heterocycles. The standard InChI is InChI=1S/C25H36F2N2O2/c1-17(2)22-16-31-24(30)29(22)23-10-6-9-20(28-23)15-21(18-7-4-3-5-8-18)19-11-13-25(26,27)14-12-19/h6,9-10,17-19,21-22H,3-5,7-8,11-16H2,1-2H3/t21?,22-/m1/s1. The molecule has 2 heterocycles. The van der Waals surface area contributed by atoms with Gasteiger partial charge >= 0.3 is 6.09 Å². The van der Waals surface area contributed by atoms with Gasteiger partial charge in [0.25, 0.3) is 0 Å². The molecule has 1 amide bonds. The highest BCUT2D eigenvalue weighted by atomic mass is 19.3. The fourth-order valence-corrected chi connectivity index (χ4v) is 5.92. The largest absolute Gasteiger partial charge is 0.447 e. The van der Waals surface area contributed by atoms with Crippen molar-refractivity contribution >= 4 is 11.9 Å². The molecular weight excluding hydrogens is 398 g/mol. The molecule has 31 heavy (non-hydrogen) atoms. The summed E-state index contributed by atoms with van der Waals surface area (Å²) in [6.07, 6.45) is 7.91. The number of pyridine rings is 1. The lowest BCUT2D eigenvalue weighted by molar-refractivity contribution is -0.0570. The third-order valence-electron chi connectivity index (χ3n) is 7.78. The molecule has 0 N–H and O–H groups in total. The summed E-state index contributed by atoms with van der Waals surface area (Å²) in [5.74, 6) is -0.240. The Hall–Kier alpha value is -1.72. The van der Waals surface area contributed by atoms with Gasteiger partial charge in [0, 0.05) is 18.5 Å². The first-order chi connectivity index (χ1) is 14.8. The molecule has 1 aromatic rings. The van der Waals surface area contributed by atoms with Gasteiger partial charge in [-0.2, -0.15) is 0 Å². The molecule has 0 spiro atoms. The van der Waals surface area contributed by atoms with Crippen molar-refractivity contribution < 1.29 is 18.3 Å². The number of aromatic nitrogens is 1. The molecule has 3 fully saturated rings. The molecule has 0 aromatic carbocycles. The fourth-order valence-electron chi connectivity index (χ4n) is 5.92. The van der Waals surface area contributed by atoms with E-state index in [-0.39, 0.29) is 30.9 Å². The molecule has 3 aliphatic rings. The normalized spacial score (nSPS) is 26.3. The predicted octanol–water partition coefficient (Wildman–Crippen LogP) is 6.63. The van der Waals surface area contributed by atoms with Crippen molar-refractivity contribution in [3.05, 3.63) is 23.9 Å². The monoisotopic (exact) mass is 434 g/mol. The fraction of sp³-hybridized carbons (Fsp3) is 0.760. The third kappa shape index (κ3) is 5.20. The Morgan fingerprint density at radius 2 is 1.77 bits per heavy atom. The van der Waals surface area contributed by atoms with Gasteiger partial charge in [-0.05, 0) is 55.1 Å². The van der Waals surface area contributed by atoms with E-state index in [0.717, 1.165) is 12.1 Å². The lowest BCUT2D eigenvalue weighted by atomic mass is 9.67. The van der Waals surface area contributed by atoms with Gasteiger partial charge in [-0.15, -0.1) is 0 Å². The van der Waals surface area contributed by atoms with E-state index in [1.54, 1.807) is 4.90 Å². The molecule has 4 rings (SSSR count). The van der Waals surface area contributed by atoms with Crippen LogP contribution in [0.2, 0.25) is 0 Å². The van der Waals surface area contributed by atoms with Crippen LogP contribution in [0.4, 0.5) is 19.4 Å². The summed E-state index contributed by atoms with van der Waals surface area (Å²) in [6, 6.07) is 5.86. The van der Waals surface area contributed by atoms with Crippen LogP contribution < -0.4 is 4.90 Å². The van der Waals surface area contributed by atoms with Crippen LogP contribution in [-0.2, 0) is 11.2 Å².